The molecule has 0 aliphatic rings. The molecule has 0 aliphatic carbocycles. The van der Waals surface area contributed by atoms with Crippen LogP contribution in [0.4, 0.5) is 11.4 Å². The van der Waals surface area contributed by atoms with Crippen LogP contribution in [0.15, 0.2) is 48.8 Å². The summed E-state index contributed by atoms with van der Waals surface area (Å²) in [5.74, 6) is -0.131. The Morgan fingerprint density at radius 2 is 1.77 bits per heavy atom. The topological polar surface area (TPSA) is 45.2 Å². The van der Waals surface area contributed by atoms with Crippen LogP contribution in [0.25, 0.3) is 0 Å². The number of para-hydroxylation sites is 1. The Bertz CT molecular complexity index is 592. The van der Waals surface area contributed by atoms with Gasteiger partial charge in [0, 0.05) is 25.0 Å². The number of hydrogen-bond donors (Lipinski definition) is 1. The van der Waals surface area contributed by atoms with E-state index in [2.05, 4.69) is 29.0 Å². The summed E-state index contributed by atoms with van der Waals surface area (Å²) < 4.78 is 0. The molecule has 0 radical (unpaired) electrons. The molecule has 1 heterocycles. The van der Waals surface area contributed by atoms with Crippen LogP contribution in [0.2, 0.25) is 0 Å². The normalized spacial score (nSPS) is 10.3. The maximum Gasteiger partial charge on any atom is 0.257 e. The highest BCUT2D eigenvalue weighted by atomic mass is 16.1. The monoisotopic (exact) mass is 297 g/mol. The molecule has 0 bridgehead atoms. The van der Waals surface area contributed by atoms with Gasteiger partial charge in [-0.3, -0.25) is 9.78 Å². The first-order valence-electron chi connectivity index (χ1n) is 7.81. The van der Waals surface area contributed by atoms with Crippen LogP contribution in [-0.2, 0) is 0 Å². The average molecular weight is 297 g/mol. The molecule has 1 amide bonds. The van der Waals surface area contributed by atoms with E-state index in [1.807, 2.05) is 42.6 Å². The molecule has 0 saturated heterocycles. The van der Waals surface area contributed by atoms with E-state index in [-0.39, 0.29) is 5.91 Å². The number of nitrogens with zero attached hydrogens (tertiary/aromatic N) is 2. The van der Waals surface area contributed by atoms with Gasteiger partial charge in [-0.05, 0) is 31.0 Å². The maximum atomic E-state index is 12.3. The Hall–Kier alpha value is -2.36. The smallest absolute Gasteiger partial charge is 0.257 e. The van der Waals surface area contributed by atoms with Crippen LogP contribution >= 0.6 is 0 Å². The SMILES string of the molecule is CCCN(CCC)c1cncc(C(=O)Nc2ccccc2)c1. The second-order valence-corrected chi connectivity index (χ2v) is 5.24. The lowest BCUT2D eigenvalue weighted by Crippen LogP contribution is -2.25. The minimum absolute atomic E-state index is 0.131. The Morgan fingerprint density at radius 3 is 2.41 bits per heavy atom. The lowest BCUT2D eigenvalue weighted by Gasteiger charge is -2.23. The minimum Gasteiger partial charge on any atom is -0.370 e. The highest BCUT2D eigenvalue weighted by Gasteiger charge is 2.10. The van der Waals surface area contributed by atoms with E-state index in [4.69, 9.17) is 0 Å². The first-order valence-corrected chi connectivity index (χ1v) is 7.81. The number of carbonyl (C=O) groups is 1. The molecule has 0 aliphatic heterocycles. The van der Waals surface area contributed by atoms with Crippen molar-refractivity contribution in [1.82, 2.24) is 4.98 Å². The van der Waals surface area contributed by atoms with Crippen molar-refractivity contribution in [3.8, 4) is 0 Å². The number of aromatic nitrogens is 1. The number of pyridine rings is 1. The molecule has 4 nitrogen and oxygen atoms in total. The predicted octanol–water partition coefficient (Wildman–Crippen LogP) is 3.96. The molecule has 22 heavy (non-hydrogen) atoms. The molecule has 116 valence electrons. The molecule has 0 unspecified atom stereocenters. The Balaban J connectivity index is 2.14. The van der Waals surface area contributed by atoms with E-state index in [0.29, 0.717) is 5.56 Å². The number of anilines is 2. The molecule has 1 N–H and O–H groups in total. The van der Waals surface area contributed by atoms with Crippen molar-refractivity contribution < 1.29 is 4.79 Å². The summed E-state index contributed by atoms with van der Waals surface area (Å²) in [6.07, 6.45) is 5.57. The van der Waals surface area contributed by atoms with Gasteiger partial charge in [-0.1, -0.05) is 32.0 Å². The molecule has 0 spiro atoms. The standard InChI is InChI=1S/C18H23N3O/c1-3-10-21(11-4-2)17-12-15(13-19-14-17)18(22)20-16-8-6-5-7-9-16/h5-9,12-14H,3-4,10-11H2,1-2H3,(H,20,22). The van der Waals surface area contributed by atoms with E-state index in [0.717, 1.165) is 37.3 Å². The molecular formula is C18H23N3O. The first-order chi connectivity index (χ1) is 10.7. The highest BCUT2D eigenvalue weighted by molar-refractivity contribution is 6.04. The summed E-state index contributed by atoms with van der Waals surface area (Å²) in [7, 11) is 0. The summed E-state index contributed by atoms with van der Waals surface area (Å²) in [6.45, 7) is 6.25. The molecule has 1 aromatic heterocycles. The lowest BCUT2D eigenvalue weighted by atomic mass is 10.2. The van der Waals surface area contributed by atoms with Crippen LogP contribution in [0.5, 0.6) is 0 Å². The van der Waals surface area contributed by atoms with Gasteiger partial charge >= 0.3 is 0 Å². The van der Waals surface area contributed by atoms with Crippen LogP contribution < -0.4 is 10.2 Å². The van der Waals surface area contributed by atoms with E-state index < -0.39 is 0 Å². The fourth-order valence-electron chi connectivity index (χ4n) is 2.36. The molecule has 4 heteroatoms. The predicted molar refractivity (Wildman–Crippen MR) is 91.4 cm³/mol. The number of hydrogen-bond acceptors (Lipinski definition) is 3. The lowest BCUT2D eigenvalue weighted by molar-refractivity contribution is 0.102. The zero-order chi connectivity index (χ0) is 15.8. The summed E-state index contributed by atoms with van der Waals surface area (Å²) in [5, 5.41) is 2.89. The van der Waals surface area contributed by atoms with Crippen LogP contribution in [-0.4, -0.2) is 24.0 Å². The third-order valence-corrected chi connectivity index (χ3v) is 3.37. The van der Waals surface area contributed by atoms with Crippen molar-refractivity contribution in [1.29, 1.82) is 0 Å². The fourth-order valence-corrected chi connectivity index (χ4v) is 2.36. The average Bonchev–Trinajstić information content (AvgIpc) is 2.56. The molecule has 0 saturated carbocycles. The molecule has 2 rings (SSSR count). The Labute approximate surface area is 132 Å². The van der Waals surface area contributed by atoms with Gasteiger partial charge in [-0.25, -0.2) is 0 Å². The van der Waals surface area contributed by atoms with Crippen LogP contribution in [0.3, 0.4) is 0 Å². The van der Waals surface area contributed by atoms with E-state index in [9.17, 15) is 4.79 Å². The summed E-state index contributed by atoms with van der Waals surface area (Å²) in [5.41, 5.74) is 2.37. The summed E-state index contributed by atoms with van der Waals surface area (Å²) in [6, 6.07) is 11.4. The zero-order valence-electron chi connectivity index (χ0n) is 13.2. The maximum absolute atomic E-state index is 12.3. The van der Waals surface area contributed by atoms with Gasteiger partial charge in [0.15, 0.2) is 0 Å². The summed E-state index contributed by atoms with van der Waals surface area (Å²) in [4.78, 5) is 18.8. The van der Waals surface area contributed by atoms with E-state index in [1.54, 1.807) is 6.20 Å². The Morgan fingerprint density at radius 1 is 1.09 bits per heavy atom. The summed E-state index contributed by atoms with van der Waals surface area (Å²) >= 11 is 0. The van der Waals surface area contributed by atoms with E-state index in [1.165, 1.54) is 0 Å². The molecule has 0 fully saturated rings. The third-order valence-electron chi connectivity index (χ3n) is 3.37. The van der Waals surface area contributed by atoms with Crippen molar-refractivity contribution in [2.45, 2.75) is 26.7 Å². The molecule has 0 atom stereocenters. The second kappa shape index (κ2) is 8.17. The molecule has 1 aromatic carbocycles. The van der Waals surface area contributed by atoms with Crippen LogP contribution in [0.1, 0.15) is 37.0 Å². The first kappa shape index (κ1) is 16.0. The van der Waals surface area contributed by atoms with Gasteiger partial charge in [-0.2, -0.15) is 0 Å². The minimum atomic E-state index is -0.131. The number of nitrogens with one attached hydrogen (secondary N) is 1. The Kier molecular flexibility index (Phi) is 5.95. The van der Waals surface area contributed by atoms with Gasteiger partial charge < -0.3 is 10.2 Å². The highest BCUT2D eigenvalue weighted by Crippen LogP contribution is 2.17. The second-order valence-electron chi connectivity index (χ2n) is 5.24. The van der Waals surface area contributed by atoms with E-state index >= 15 is 0 Å². The largest absolute Gasteiger partial charge is 0.370 e. The van der Waals surface area contributed by atoms with Crippen molar-refractivity contribution in [3.63, 3.8) is 0 Å². The van der Waals surface area contributed by atoms with Crippen molar-refractivity contribution >= 4 is 17.3 Å². The van der Waals surface area contributed by atoms with Crippen LogP contribution in [0, 0.1) is 0 Å². The quantitative estimate of drug-likeness (QED) is 0.841. The van der Waals surface area contributed by atoms with Gasteiger partial charge in [0.1, 0.15) is 0 Å². The zero-order valence-corrected chi connectivity index (χ0v) is 13.2. The number of amides is 1. The molecular weight excluding hydrogens is 274 g/mol. The van der Waals surface area contributed by atoms with Crippen molar-refractivity contribution in [3.05, 3.63) is 54.4 Å². The van der Waals surface area contributed by atoms with Gasteiger partial charge in [0.2, 0.25) is 0 Å². The van der Waals surface area contributed by atoms with Gasteiger partial charge in [-0.15, -0.1) is 0 Å². The van der Waals surface area contributed by atoms with Crippen molar-refractivity contribution in [2.75, 3.05) is 23.3 Å². The number of rotatable bonds is 7. The number of benzene rings is 1. The fraction of sp³-hybridized carbons (Fsp3) is 0.333. The third kappa shape index (κ3) is 4.32. The number of carbonyl (C=O) groups excluding carboxylic acids is 1. The van der Waals surface area contributed by atoms with Gasteiger partial charge in [0.05, 0.1) is 17.4 Å². The van der Waals surface area contributed by atoms with Crippen molar-refractivity contribution in [2.24, 2.45) is 0 Å². The van der Waals surface area contributed by atoms with Gasteiger partial charge in [0.25, 0.3) is 5.91 Å². The molecule has 2 aromatic rings.